The predicted molar refractivity (Wildman–Crippen MR) is 73.6 cm³/mol. The minimum atomic E-state index is -4.04. The van der Waals surface area contributed by atoms with Gasteiger partial charge < -0.3 is 5.73 Å². The fourth-order valence-electron chi connectivity index (χ4n) is 1.38. The Morgan fingerprint density at radius 1 is 1.26 bits per heavy atom. The molecule has 0 aliphatic carbocycles. The van der Waals surface area contributed by atoms with Gasteiger partial charge in [-0.05, 0) is 40.2 Å². The molecule has 1 aromatic heterocycles. The molecule has 19 heavy (non-hydrogen) atoms. The van der Waals surface area contributed by atoms with Crippen molar-refractivity contribution >= 4 is 37.3 Å². The van der Waals surface area contributed by atoms with E-state index < -0.39 is 20.7 Å². The topological polar surface area (TPSA) is 85.1 Å². The van der Waals surface area contributed by atoms with Crippen molar-refractivity contribution in [1.82, 2.24) is 4.98 Å². The Hall–Kier alpha value is -1.67. The van der Waals surface area contributed by atoms with Gasteiger partial charge in [-0.25, -0.2) is 12.8 Å². The van der Waals surface area contributed by atoms with Crippen LogP contribution in [0.25, 0.3) is 0 Å². The van der Waals surface area contributed by atoms with Gasteiger partial charge in [0, 0.05) is 22.6 Å². The van der Waals surface area contributed by atoms with E-state index in [9.17, 15) is 12.8 Å². The zero-order valence-corrected chi connectivity index (χ0v) is 11.9. The first kappa shape index (κ1) is 13.8. The highest BCUT2D eigenvalue weighted by Gasteiger charge is 2.20. The van der Waals surface area contributed by atoms with E-state index in [1.54, 1.807) is 0 Å². The Kier molecular flexibility index (Phi) is 3.72. The molecule has 0 radical (unpaired) electrons. The van der Waals surface area contributed by atoms with Gasteiger partial charge in [-0.15, -0.1) is 0 Å². The molecule has 1 aromatic carbocycles. The summed E-state index contributed by atoms with van der Waals surface area (Å²) in [5.74, 6) is -0.886. The van der Waals surface area contributed by atoms with Crippen molar-refractivity contribution in [1.29, 1.82) is 0 Å². The summed E-state index contributed by atoms with van der Waals surface area (Å²) in [7, 11) is -4.04. The summed E-state index contributed by atoms with van der Waals surface area (Å²) in [4.78, 5) is 3.25. The van der Waals surface area contributed by atoms with E-state index in [2.05, 4.69) is 25.6 Å². The number of nitrogens with two attached hydrogens (primary N) is 1. The number of aromatic nitrogens is 1. The maximum Gasteiger partial charge on any atom is 0.264 e. The number of hydrogen-bond acceptors (Lipinski definition) is 4. The molecular weight excluding hydrogens is 337 g/mol. The lowest BCUT2D eigenvalue weighted by atomic mass is 10.3. The van der Waals surface area contributed by atoms with Crippen molar-refractivity contribution in [2.75, 3.05) is 10.5 Å². The molecule has 0 saturated heterocycles. The molecular formula is C11H9BrFN3O2S. The average Bonchev–Trinajstić information content (AvgIpc) is 2.34. The van der Waals surface area contributed by atoms with Gasteiger partial charge in [0.05, 0.1) is 5.69 Å². The molecule has 0 spiro atoms. The molecule has 2 rings (SSSR count). The molecule has 0 amide bonds. The Morgan fingerprint density at radius 2 is 1.89 bits per heavy atom. The van der Waals surface area contributed by atoms with Crippen molar-refractivity contribution in [3.8, 4) is 0 Å². The number of halogens is 2. The molecule has 5 nitrogen and oxygen atoms in total. The summed E-state index contributed by atoms with van der Waals surface area (Å²) in [6, 6.07) is 4.98. The standard InChI is InChI=1S/C11H9BrFN3O2S/c12-8-5-9(13)11(6-10(8)14)19(17,18)16-7-1-3-15-4-2-7/h1-6H,14H2,(H,15,16). The quantitative estimate of drug-likeness (QED) is 0.836. The first-order valence-corrected chi connectivity index (χ1v) is 7.35. The van der Waals surface area contributed by atoms with E-state index >= 15 is 0 Å². The molecule has 0 fully saturated rings. The van der Waals surface area contributed by atoms with Crippen LogP contribution in [0.15, 0.2) is 46.0 Å². The van der Waals surface area contributed by atoms with Crippen molar-refractivity contribution in [3.63, 3.8) is 0 Å². The SMILES string of the molecule is Nc1cc(S(=O)(=O)Nc2ccncc2)c(F)cc1Br. The average molecular weight is 346 g/mol. The van der Waals surface area contributed by atoms with Crippen LogP contribution in [0.3, 0.4) is 0 Å². The number of nitrogen functional groups attached to an aromatic ring is 1. The number of rotatable bonds is 3. The van der Waals surface area contributed by atoms with Gasteiger partial charge in [0.15, 0.2) is 0 Å². The van der Waals surface area contributed by atoms with Crippen LogP contribution in [-0.2, 0) is 10.0 Å². The number of nitrogens with one attached hydrogen (secondary N) is 1. The zero-order chi connectivity index (χ0) is 14.0. The third-order valence-corrected chi connectivity index (χ3v) is 4.36. The number of benzene rings is 1. The molecule has 0 atom stereocenters. The van der Waals surface area contributed by atoms with Gasteiger partial charge in [0.2, 0.25) is 0 Å². The Balaban J connectivity index is 2.43. The van der Waals surface area contributed by atoms with Crippen molar-refractivity contribution in [2.24, 2.45) is 0 Å². The minimum absolute atomic E-state index is 0.136. The number of nitrogens with zero attached hydrogens (tertiary/aromatic N) is 1. The van der Waals surface area contributed by atoms with Crippen molar-refractivity contribution in [3.05, 3.63) is 46.9 Å². The third-order valence-electron chi connectivity index (χ3n) is 2.27. The summed E-state index contributed by atoms with van der Waals surface area (Å²) in [5, 5.41) is 0. The van der Waals surface area contributed by atoms with E-state index in [1.165, 1.54) is 24.5 Å². The van der Waals surface area contributed by atoms with Crippen LogP contribution < -0.4 is 10.5 Å². The maximum atomic E-state index is 13.7. The summed E-state index contributed by atoms with van der Waals surface area (Å²) in [6.07, 6.45) is 2.84. The van der Waals surface area contributed by atoms with Gasteiger partial charge in [-0.3, -0.25) is 9.71 Å². The van der Waals surface area contributed by atoms with E-state index in [-0.39, 0.29) is 11.4 Å². The smallest absolute Gasteiger partial charge is 0.264 e. The number of sulfonamides is 1. The lowest BCUT2D eigenvalue weighted by Gasteiger charge is -2.10. The van der Waals surface area contributed by atoms with Crippen LogP contribution >= 0.6 is 15.9 Å². The maximum absolute atomic E-state index is 13.7. The molecule has 8 heteroatoms. The Morgan fingerprint density at radius 3 is 2.53 bits per heavy atom. The second kappa shape index (κ2) is 5.14. The van der Waals surface area contributed by atoms with Gasteiger partial charge in [-0.2, -0.15) is 0 Å². The summed E-state index contributed by atoms with van der Waals surface area (Å²) < 4.78 is 40.3. The largest absolute Gasteiger partial charge is 0.398 e. The third kappa shape index (κ3) is 3.02. The summed E-state index contributed by atoms with van der Waals surface area (Å²) in [5.41, 5.74) is 5.99. The van der Waals surface area contributed by atoms with Crippen molar-refractivity contribution < 1.29 is 12.8 Å². The van der Waals surface area contributed by atoms with E-state index in [1.807, 2.05) is 0 Å². The molecule has 0 unspecified atom stereocenters. The van der Waals surface area contributed by atoms with Gasteiger partial charge in [0.25, 0.3) is 10.0 Å². The normalized spacial score (nSPS) is 11.3. The van der Waals surface area contributed by atoms with Crippen LogP contribution in [0.4, 0.5) is 15.8 Å². The van der Waals surface area contributed by atoms with E-state index in [0.717, 1.165) is 12.1 Å². The summed E-state index contributed by atoms with van der Waals surface area (Å²) >= 11 is 3.03. The molecule has 0 aliphatic heterocycles. The summed E-state index contributed by atoms with van der Waals surface area (Å²) in [6.45, 7) is 0. The highest BCUT2D eigenvalue weighted by molar-refractivity contribution is 9.10. The van der Waals surface area contributed by atoms with Crippen LogP contribution in [0.5, 0.6) is 0 Å². The lowest BCUT2D eigenvalue weighted by molar-refractivity contribution is 0.570. The molecule has 0 aliphatic rings. The van der Waals surface area contributed by atoms with Crippen LogP contribution in [0.1, 0.15) is 0 Å². The number of hydrogen-bond donors (Lipinski definition) is 2. The highest BCUT2D eigenvalue weighted by atomic mass is 79.9. The second-order valence-corrected chi connectivity index (χ2v) is 6.15. The minimum Gasteiger partial charge on any atom is -0.398 e. The first-order chi connectivity index (χ1) is 8.90. The predicted octanol–water partition coefficient (Wildman–Crippen LogP) is 2.37. The van der Waals surface area contributed by atoms with E-state index in [0.29, 0.717) is 4.47 Å². The molecule has 100 valence electrons. The fraction of sp³-hybridized carbons (Fsp3) is 0. The van der Waals surface area contributed by atoms with Crippen LogP contribution in [0, 0.1) is 5.82 Å². The molecule has 0 bridgehead atoms. The number of anilines is 2. The zero-order valence-electron chi connectivity index (χ0n) is 9.47. The molecule has 1 heterocycles. The molecule has 3 N–H and O–H groups in total. The first-order valence-electron chi connectivity index (χ1n) is 5.07. The van der Waals surface area contributed by atoms with Crippen LogP contribution in [0.2, 0.25) is 0 Å². The molecule has 0 saturated carbocycles. The van der Waals surface area contributed by atoms with Crippen LogP contribution in [-0.4, -0.2) is 13.4 Å². The molecule has 2 aromatic rings. The van der Waals surface area contributed by atoms with E-state index in [4.69, 9.17) is 5.73 Å². The van der Waals surface area contributed by atoms with Gasteiger partial charge in [-0.1, -0.05) is 0 Å². The number of pyridine rings is 1. The Bertz CT molecular complexity index is 707. The highest BCUT2D eigenvalue weighted by Crippen LogP contribution is 2.27. The van der Waals surface area contributed by atoms with Crippen molar-refractivity contribution in [2.45, 2.75) is 4.90 Å². The van der Waals surface area contributed by atoms with Gasteiger partial charge in [0.1, 0.15) is 10.7 Å². The lowest BCUT2D eigenvalue weighted by Crippen LogP contribution is -2.15. The monoisotopic (exact) mass is 345 g/mol. The van der Waals surface area contributed by atoms with Gasteiger partial charge >= 0.3 is 0 Å². The second-order valence-electron chi connectivity index (χ2n) is 3.65. The fourth-order valence-corrected chi connectivity index (χ4v) is 2.85. The Labute approximate surface area is 117 Å².